The lowest BCUT2D eigenvalue weighted by molar-refractivity contribution is -0.118. The molecule has 0 saturated carbocycles. The van der Waals surface area contributed by atoms with Crippen LogP contribution in [0.4, 0.5) is 0 Å². The summed E-state index contributed by atoms with van der Waals surface area (Å²) in [5, 5.41) is 0. The van der Waals surface area contributed by atoms with Crippen molar-refractivity contribution >= 4 is 5.78 Å². The Kier molecular flexibility index (Phi) is 4.43. The lowest BCUT2D eigenvalue weighted by Crippen LogP contribution is -2.31. The highest BCUT2D eigenvalue weighted by molar-refractivity contribution is 5.76. The van der Waals surface area contributed by atoms with E-state index >= 15 is 0 Å². The van der Waals surface area contributed by atoms with Gasteiger partial charge >= 0.3 is 0 Å². The van der Waals surface area contributed by atoms with E-state index in [1.54, 1.807) is 6.92 Å². The van der Waals surface area contributed by atoms with E-state index in [1.807, 2.05) is 0 Å². The van der Waals surface area contributed by atoms with Gasteiger partial charge in [-0.25, -0.2) is 0 Å². The molecule has 0 spiro atoms. The van der Waals surface area contributed by atoms with E-state index in [9.17, 15) is 4.79 Å². The van der Waals surface area contributed by atoms with Crippen molar-refractivity contribution in [2.75, 3.05) is 13.1 Å². The average molecular weight is 183 g/mol. The van der Waals surface area contributed by atoms with Gasteiger partial charge in [-0.1, -0.05) is 13.3 Å². The van der Waals surface area contributed by atoms with Crippen molar-refractivity contribution in [2.24, 2.45) is 0 Å². The Labute approximate surface area is 81.3 Å². The highest BCUT2D eigenvalue weighted by Gasteiger charge is 2.24. The Morgan fingerprint density at radius 3 is 2.92 bits per heavy atom. The first kappa shape index (κ1) is 10.7. The lowest BCUT2D eigenvalue weighted by Gasteiger charge is -2.23. The highest BCUT2D eigenvalue weighted by atomic mass is 16.1. The minimum atomic E-state index is 0.341. The molecule has 0 N–H and O–H groups in total. The zero-order valence-electron chi connectivity index (χ0n) is 8.88. The third-order valence-electron chi connectivity index (χ3n) is 2.82. The van der Waals surface area contributed by atoms with Gasteiger partial charge in [-0.3, -0.25) is 9.69 Å². The summed E-state index contributed by atoms with van der Waals surface area (Å²) >= 11 is 0. The maximum absolute atomic E-state index is 11.0. The minimum absolute atomic E-state index is 0.341. The summed E-state index contributed by atoms with van der Waals surface area (Å²) < 4.78 is 0. The fourth-order valence-corrected chi connectivity index (χ4v) is 2.11. The monoisotopic (exact) mass is 183 g/mol. The molecule has 1 aliphatic rings. The topological polar surface area (TPSA) is 20.3 Å². The van der Waals surface area contributed by atoms with E-state index in [2.05, 4.69) is 11.8 Å². The van der Waals surface area contributed by atoms with Crippen LogP contribution in [0.25, 0.3) is 0 Å². The van der Waals surface area contributed by atoms with Gasteiger partial charge in [-0.15, -0.1) is 0 Å². The zero-order valence-corrected chi connectivity index (χ0v) is 8.88. The van der Waals surface area contributed by atoms with Crippen LogP contribution in [0.5, 0.6) is 0 Å². The molecule has 13 heavy (non-hydrogen) atoms. The van der Waals surface area contributed by atoms with Crippen LogP contribution in [0.2, 0.25) is 0 Å². The SMILES string of the molecule is CCCCN1CCCC1CC(C)=O. The van der Waals surface area contributed by atoms with Gasteiger partial charge in [0.05, 0.1) is 0 Å². The summed E-state index contributed by atoms with van der Waals surface area (Å²) in [5.74, 6) is 0.341. The van der Waals surface area contributed by atoms with Gasteiger partial charge in [0.15, 0.2) is 0 Å². The number of carbonyl (C=O) groups excluding carboxylic acids is 1. The van der Waals surface area contributed by atoms with Crippen molar-refractivity contribution in [3.05, 3.63) is 0 Å². The molecule has 0 aromatic heterocycles. The molecule has 0 aromatic rings. The summed E-state index contributed by atoms with van der Waals surface area (Å²) in [4.78, 5) is 13.5. The molecule has 1 fully saturated rings. The van der Waals surface area contributed by atoms with E-state index < -0.39 is 0 Å². The van der Waals surface area contributed by atoms with Crippen LogP contribution in [0, 0.1) is 0 Å². The van der Waals surface area contributed by atoms with E-state index in [1.165, 1.54) is 38.8 Å². The van der Waals surface area contributed by atoms with Crippen LogP contribution >= 0.6 is 0 Å². The molecule has 76 valence electrons. The van der Waals surface area contributed by atoms with E-state index in [4.69, 9.17) is 0 Å². The van der Waals surface area contributed by atoms with Gasteiger partial charge in [-0.2, -0.15) is 0 Å². The second-order valence-electron chi connectivity index (χ2n) is 4.09. The van der Waals surface area contributed by atoms with E-state index in [-0.39, 0.29) is 0 Å². The fourth-order valence-electron chi connectivity index (χ4n) is 2.11. The molecule has 1 rings (SSSR count). The molecule has 1 aliphatic heterocycles. The Morgan fingerprint density at radius 2 is 2.31 bits per heavy atom. The van der Waals surface area contributed by atoms with Gasteiger partial charge < -0.3 is 0 Å². The van der Waals surface area contributed by atoms with Crippen molar-refractivity contribution in [3.8, 4) is 0 Å². The molecule has 2 heteroatoms. The number of hydrogen-bond acceptors (Lipinski definition) is 2. The number of Topliss-reactive ketones (excluding diaryl/α,β-unsaturated/α-hetero) is 1. The number of ketones is 1. The van der Waals surface area contributed by atoms with Gasteiger partial charge in [0.25, 0.3) is 0 Å². The average Bonchev–Trinajstić information content (AvgIpc) is 2.48. The summed E-state index contributed by atoms with van der Waals surface area (Å²) in [7, 11) is 0. The first-order valence-electron chi connectivity index (χ1n) is 5.47. The van der Waals surface area contributed by atoms with Crippen molar-refractivity contribution in [1.82, 2.24) is 4.90 Å². The number of unbranched alkanes of at least 4 members (excludes halogenated alkanes) is 1. The molecule has 1 unspecified atom stereocenters. The summed E-state index contributed by atoms with van der Waals surface area (Å²) in [6.45, 7) is 6.32. The quantitative estimate of drug-likeness (QED) is 0.651. The predicted octanol–water partition coefficient (Wildman–Crippen LogP) is 2.23. The van der Waals surface area contributed by atoms with E-state index in [0.717, 1.165) is 6.42 Å². The van der Waals surface area contributed by atoms with E-state index in [0.29, 0.717) is 11.8 Å². The standard InChI is InChI=1S/C11H21NO/c1-3-4-7-12-8-5-6-11(12)9-10(2)13/h11H,3-9H2,1-2H3. The van der Waals surface area contributed by atoms with Crippen LogP contribution in [0.15, 0.2) is 0 Å². The summed E-state index contributed by atoms with van der Waals surface area (Å²) in [6, 6.07) is 0.559. The van der Waals surface area contributed by atoms with Crippen molar-refractivity contribution < 1.29 is 4.79 Å². The molecule has 0 bridgehead atoms. The molecule has 0 aromatic carbocycles. The third kappa shape index (κ3) is 3.47. The molecular formula is C11H21NO. The van der Waals surface area contributed by atoms with Crippen LogP contribution < -0.4 is 0 Å². The Balaban J connectivity index is 2.30. The molecular weight excluding hydrogens is 162 g/mol. The lowest BCUT2D eigenvalue weighted by atomic mass is 10.1. The Morgan fingerprint density at radius 1 is 1.54 bits per heavy atom. The van der Waals surface area contributed by atoms with Crippen LogP contribution in [0.1, 0.15) is 46.0 Å². The maximum atomic E-state index is 11.0. The number of hydrogen-bond donors (Lipinski definition) is 0. The first-order chi connectivity index (χ1) is 6.24. The second kappa shape index (κ2) is 5.38. The van der Waals surface area contributed by atoms with Crippen molar-refractivity contribution in [2.45, 2.75) is 52.0 Å². The van der Waals surface area contributed by atoms with Crippen LogP contribution in [-0.4, -0.2) is 29.8 Å². The molecule has 0 aliphatic carbocycles. The van der Waals surface area contributed by atoms with Crippen LogP contribution in [-0.2, 0) is 4.79 Å². The first-order valence-corrected chi connectivity index (χ1v) is 5.47. The Bertz CT molecular complexity index is 167. The normalized spacial score (nSPS) is 23.7. The zero-order chi connectivity index (χ0) is 9.68. The van der Waals surface area contributed by atoms with Crippen molar-refractivity contribution in [3.63, 3.8) is 0 Å². The fraction of sp³-hybridized carbons (Fsp3) is 0.909. The Hall–Kier alpha value is -0.370. The smallest absolute Gasteiger partial charge is 0.131 e. The molecule has 0 radical (unpaired) electrons. The van der Waals surface area contributed by atoms with Gasteiger partial charge in [0.1, 0.15) is 5.78 Å². The second-order valence-corrected chi connectivity index (χ2v) is 4.09. The maximum Gasteiger partial charge on any atom is 0.131 e. The third-order valence-corrected chi connectivity index (χ3v) is 2.82. The molecule has 0 amide bonds. The molecule has 1 atom stereocenters. The van der Waals surface area contributed by atoms with Crippen molar-refractivity contribution in [1.29, 1.82) is 0 Å². The highest BCUT2D eigenvalue weighted by Crippen LogP contribution is 2.20. The minimum Gasteiger partial charge on any atom is -0.300 e. The molecule has 2 nitrogen and oxygen atoms in total. The number of likely N-dealkylation sites (tertiary alicyclic amines) is 1. The van der Waals surface area contributed by atoms with Gasteiger partial charge in [0.2, 0.25) is 0 Å². The number of carbonyl (C=O) groups is 1. The number of rotatable bonds is 5. The summed E-state index contributed by atoms with van der Waals surface area (Å²) in [6.07, 6.45) is 5.80. The summed E-state index contributed by atoms with van der Waals surface area (Å²) in [5.41, 5.74) is 0. The van der Waals surface area contributed by atoms with Gasteiger partial charge in [-0.05, 0) is 39.3 Å². The molecule has 1 saturated heterocycles. The number of nitrogens with zero attached hydrogens (tertiary/aromatic N) is 1. The largest absolute Gasteiger partial charge is 0.300 e. The van der Waals surface area contributed by atoms with Crippen LogP contribution in [0.3, 0.4) is 0 Å². The van der Waals surface area contributed by atoms with Gasteiger partial charge in [0, 0.05) is 12.5 Å². The molecule has 1 heterocycles. The predicted molar refractivity (Wildman–Crippen MR) is 54.8 cm³/mol.